The molecule has 2 atom stereocenters. The van der Waals surface area contributed by atoms with Crippen LogP contribution in [0.4, 0.5) is 0 Å². The molecule has 138 valence electrons. The number of rotatable bonds is 4. The van der Waals surface area contributed by atoms with Crippen molar-refractivity contribution in [3.8, 4) is 0 Å². The Morgan fingerprint density at radius 1 is 0.704 bits per heavy atom. The van der Waals surface area contributed by atoms with Crippen LogP contribution in [0.15, 0.2) is 48.5 Å². The van der Waals surface area contributed by atoms with Crippen molar-refractivity contribution in [1.29, 1.82) is 0 Å². The van der Waals surface area contributed by atoms with E-state index in [0.717, 1.165) is 11.1 Å². The van der Waals surface area contributed by atoms with E-state index in [1.807, 2.05) is 13.8 Å². The summed E-state index contributed by atoms with van der Waals surface area (Å²) in [5, 5.41) is 0. The van der Waals surface area contributed by atoms with Gasteiger partial charge >= 0.3 is 23.9 Å². The smallest absolute Gasteiger partial charge is 0.359 e. The second-order valence-corrected chi connectivity index (χ2v) is 6.12. The van der Waals surface area contributed by atoms with Crippen LogP contribution in [0.5, 0.6) is 0 Å². The van der Waals surface area contributed by atoms with Crippen molar-refractivity contribution >= 4 is 23.9 Å². The molecule has 2 aromatic rings. The van der Waals surface area contributed by atoms with E-state index in [1.54, 1.807) is 24.3 Å². The molecule has 0 unspecified atom stereocenters. The molecule has 0 saturated carbocycles. The molecule has 7 nitrogen and oxygen atoms in total. The fourth-order valence-electron chi connectivity index (χ4n) is 2.43. The van der Waals surface area contributed by atoms with Crippen molar-refractivity contribution in [1.82, 2.24) is 0 Å². The normalized spacial score (nSPS) is 18.7. The minimum atomic E-state index is -1.65. The summed E-state index contributed by atoms with van der Waals surface area (Å²) >= 11 is 0. The summed E-state index contributed by atoms with van der Waals surface area (Å²) < 4.78 is 14.6. The molecule has 0 aromatic heterocycles. The summed E-state index contributed by atoms with van der Waals surface area (Å²) in [6.07, 6.45) is -3.30. The lowest BCUT2D eigenvalue weighted by Gasteiger charge is -2.15. The highest BCUT2D eigenvalue weighted by Crippen LogP contribution is 2.20. The van der Waals surface area contributed by atoms with E-state index in [2.05, 4.69) is 4.74 Å². The van der Waals surface area contributed by atoms with Crippen LogP contribution in [0, 0.1) is 13.8 Å². The van der Waals surface area contributed by atoms with Crippen LogP contribution in [0.2, 0.25) is 0 Å². The summed E-state index contributed by atoms with van der Waals surface area (Å²) in [6, 6.07) is 12.9. The second kappa shape index (κ2) is 7.41. The van der Waals surface area contributed by atoms with Gasteiger partial charge in [-0.1, -0.05) is 35.4 Å². The Hall–Kier alpha value is -3.48. The number of carbonyl (C=O) groups is 4. The number of esters is 4. The molecule has 0 N–H and O–H groups in total. The summed E-state index contributed by atoms with van der Waals surface area (Å²) in [6.45, 7) is 3.70. The number of aryl methyl sites for hydroxylation is 2. The Balaban J connectivity index is 1.74. The molecule has 3 rings (SSSR count). The quantitative estimate of drug-likeness (QED) is 0.463. The van der Waals surface area contributed by atoms with Gasteiger partial charge in [0.1, 0.15) is 0 Å². The lowest BCUT2D eigenvalue weighted by molar-refractivity contribution is -0.155. The summed E-state index contributed by atoms with van der Waals surface area (Å²) in [4.78, 5) is 48.2. The fourth-order valence-corrected chi connectivity index (χ4v) is 2.43. The highest BCUT2D eigenvalue weighted by atomic mass is 16.7. The number of ether oxygens (including phenoxy) is 3. The third-order valence-corrected chi connectivity index (χ3v) is 3.98. The number of benzene rings is 2. The number of carbonyl (C=O) groups excluding carboxylic acids is 4. The van der Waals surface area contributed by atoms with Crippen molar-refractivity contribution in [3.05, 3.63) is 70.8 Å². The van der Waals surface area contributed by atoms with Crippen molar-refractivity contribution in [2.75, 3.05) is 0 Å². The first-order chi connectivity index (χ1) is 12.8. The number of cyclic esters (lactones) is 2. The molecular weight excluding hydrogens is 352 g/mol. The van der Waals surface area contributed by atoms with Gasteiger partial charge in [0.15, 0.2) is 0 Å². The lowest BCUT2D eigenvalue weighted by atomic mass is 10.1. The van der Waals surface area contributed by atoms with Gasteiger partial charge in [-0.2, -0.15) is 0 Å². The van der Waals surface area contributed by atoms with Gasteiger partial charge in [-0.3, -0.25) is 0 Å². The molecule has 1 aliphatic heterocycles. The van der Waals surface area contributed by atoms with Gasteiger partial charge in [-0.15, -0.1) is 0 Å². The summed E-state index contributed by atoms with van der Waals surface area (Å²) in [7, 11) is 0. The Morgan fingerprint density at radius 3 is 1.37 bits per heavy atom. The maximum absolute atomic E-state index is 12.2. The van der Waals surface area contributed by atoms with Crippen LogP contribution in [-0.2, 0) is 23.8 Å². The second-order valence-electron chi connectivity index (χ2n) is 6.12. The molecule has 27 heavy (non-hydrogen) atoms. The Labute approximate surface area is 154 Å². The standard InChI is InChI=1S/C20H16O7/c1-11-3-7-13(8-4-11)17(21)25-15-16(20(24)27-19(15)23)26-18(22)14-9-5-12(2)6-10-14/h3-10,15-16H,1-2H3/t15-,16-/m0/s1. The van der Waals surface area contributed by atoms with E-state index in [1.165, 1.54) is 24.3 Å². The molecular formula is C20H16O7. The first-order valence-electron chi connectivity index (χ1n) is 8.16. The third-order valence-electron chi connectivity index (χ3n) is 3.98. The zero-order valence-electron chi connectivity index (χ0n) is 14.6. The van der Waals surface area contributed by atoms with Crippen LogP contribution >= 0.6 is 0 Å². The van der Waals surface area contributed by atoms with Crippen molar-refractivity contribution in [2.24, 2.45) is 0 Å². The van der Waals surface area contributed by atoms with Gasteiger partial charge in [0, 0.05) is 0 Å². The van der Waals surface area contributed by atoms with E-state index in [0.29, 0.717) is 0 Å². The summed E-state index contributed by atoms with van der Waals surface area (Å²) in [5.74, 6) is -3.82. The first-order valence-corrected chi connectivity index (χ1v) is 8.16. The number of hydrogen-bond acceptors (Lipinski definition) is 7. The topological polar surface area (TPSA) is 96.0 Å². The van der Waals surface area contributed by atoms with Gasteiger partial charge in [-0.05, 0) is 38.1 Å². The van der Waals surface area contributed by atoms with E-state index in [4.69, 9.17) is 9.47 Å². The predicted octanol–water partition coefficient (Wildman–Crippen LogP) is 2.14. The number of hydrogen-bond donors (Lipinski definition) is 0. The molecule has 0 amide bonds. The van der Waals surface area contributed by atoms with Crippen LogP contribution < -0.4 is 0 Å². The molecule has 1 fully saturated rings. The van der Waals surface area contributed by atoms with E-state index in [9.17, 15) is 19.2 Å². The highest BCUT2D eigenvalue weighted by molar-refractivity contribution is 6.03. The van der Waals surface area contributed by atoms with Gasteiger partial charge in [0.2, 0.25) is 12.2 Å². The molecule has 0 aliphatic carbocycles. The van der Waals surface area contributed by atoms with Gasteiger partial charge in [-0.25, -0.2) is 19.2 Å². The molecule has 0 bridgehead atoms. The Morgan fingerprint density at radius 2 is 1.04 bits per heavy atom. The van der Waals surface area contributed by atoms with Crippen LogP contribution in [0.3, 0.4) is 0 Å². The predicted molar refractivity (Wildman–Crippen MR) is 91.9 cm³/mol. The van der Waals surface area contributed by atoms with Crippen molar-refractivity contribution < 1.29 is 33.4 Å². The zero-order chi connectivity index (χ0) is 19.6. The third kappa shape index (κ3) is 4.03. The Bertz CT molecular complexity index is 821. The first kappa shape index (κ1) is 18.3. The SMILES string of the molecule is Cc1ccc(C(=O)O[C@@H]2C(=O)OC(=O)[C@H]2OC(=O)c2ccc(C)cc2)cc1. The lowest BCUT2D eigenvalue weighted by Crippen LogP contribution is -2.37. The maximum atomic E-state index is 12.2. The zero-order valence-corrected chi connectivity index (χ0v) is 14.6. The fraction of sp³-hybridized carbons (Fsp3) is 0.200. The van der Waals surface area contributed by atoms with Crippen LogP contribution in [-0.4, -0.2) is 36.1 Å². The van der Waals surface area contributed by atoms with Crippen LogP contribution in [0.1, 0.15) is 31.8 Å². The van der Waals surface area contributed by atoms with E-state index < -0.39 is 36.1 Å². The van der Waals surface area contributed by atoms with Crippen molar-refractivity contribution in [3.63, 3.8) is 0 Å². The molecule has 1 aliphatic rings. The molecule has 1 heterocycles. The minimum absolute atomic E-state index is 0.191. The molecule has 7 heteroatoms. The largest absolute Gasteiger partial charge is 0.442 e. The monoisotopic (exact) mass is 368 g/mol. The van der Waals surface area contributed by atoms with Gasteiger partial charge in [0.05, 0.1) is 11.1 Å². The van der Waals surface area contributed by atoms with E-state index >= 15 is 0 Å². The van der Waals surface area contributed by atoms with Gasteiger partial charge < -0.3 is 14.2 Å². The molecule has 0 radical (unpaired) electrons. The Kier molecular flexibility index (Phi) is 5.03. The highest BCUT2D eigenvalue weighted by Gasteiger charge is 2.50. The van der Waals surface area contributed by atoms with Gasteiger partial charge in [0.25, 0.3) is 0 Å². The van der Waals surface area contributed by atoms with E-state index in [-0.39, 0.29) is 11.1 Å². The van der Waals surface area contributed by atoms with Crippen LogP contribution in [0.25, 0.3) is 0 Å². The molecule has 2 aromatic carbocycles. The maximum Gasteiger partial charge on any atom is 0.359 e. The molecule has 0 spiro atoms. The average Bonchev–Trinajstić information content (AvgIpc) is 2.89. The van der Waals surface area contributed by atoms with Crippen molar-refractivity contribution in [2.45, 2.75) is 26.1 Å². The summed E-state index contributed by atoms with van der Waals surface area (Å²) in [5.41, 5.74) is 2.26. The molecule has 1 saturated heterocycles. The average molecular weight is 368 g/mol. The minimum Gasteiger partial charge on any atom is -0.442 e.